The van der Waals surface area contributed by atoms with Crippen molar-refractivity contribution in [3.05, 3.63) is 0 Å². The number of hydrogen-bond donors (Lipinski definition) is 1. The molecule has 0 aromatic heterocycles. The second-order valence-electron chi connectivity index (χ2n) is 0.118. The summed E-state index contributed by atoms with van der Waals surface area (Å²) >= 11 is 0. The normalized spacial score (nSPS) is 1.14. The van der Waals surface area contributed by atoms with Crippen LogP contribution in [0.3, 0.4) is 0 Å². The third kappa shape index (κ3) is 6150. The van der Waals surface area contributed by atoms with E-state index in [1.165, 1.54) is 0 Å². The Kier molecular flexibility index (Phi) is 1740. The van der Waals surface area contributed by atoms with E-state index >= 15 is 0 Å². The van der Waals surface area contributed by atoms with E-state index in [4.69, 9.17) is 4.79 Å². The molecular formula is CH6Cl2NO3-. The molecule has 0 rings (SSSR count). The van der Waals surface area contributed by atoms with Gasteiger partial charge in [0, 0.05) is 0 Å². The van der Waals surface area contributed by atoms with Gasteiger partial charge in [0.2, 0.25) is 0 Å². The maximum Gasteiger partial charge on any atom is 0.420 e. The van der Waals surface area contributed by atoms with E-state index < -0.39 is 0 Å². The van der Waals surface area contributed by atoms with Crippen LogP contribution >= 0.6 is 0 Å². The fourth-order valence-electron chi connectivity index (χ4n) is 0. The monoisotopic (exact) mass is 150 g/mol. The molecule has 0 aliphatic carbocycles. The smallest absolute Gasteiger partial charge is 0.420 e. The van der Waals surface area contributed by atoms with Gasteiger partial charge in [0.1, 0.15) is 0 Å². The molecule has 0 unspecified atom stereocenters. The molecule has 0 fully saturated rings. The number of isocyanates is 1. The zero-order valence-electron chi connectivity index (χ0n) is 3.24. The van der Waals surface area contributed by atoms with E-state index in [1.807, 2.05) is 0 Å². The molecule has 0 spiro atoms. The van der Waals surface area contributed by atoms with Crippen LogP contribution in [0.25, 0.3) is 0 Å². The van der Waals surface area contributed by atoms with Gasteiger partial charge in [-0.3, -0.25) is 0 Å². The Morgan fingerprint density at radius 2 is 1.14 bits per heavy atom. The Balaban J connectivity index is -0.00000000333. The molecular weight excluding hydrogens is 145 g/mol. The molecule has 7 heavy (non-hydrogen) atoms. The molecule has 0 aliphatic rings. The first-order valence-electron chi connectivity index (χ1n) is 0.493. The summed E-state index contributed by atoms with van der Waals surface area (Å²) in [5, 5.41) is 4.04. The van der Waals surface area contributed by atoms with Gasteiger partial charge in [-0.2, -0.15) is 10.2 Å². The highest BCUT2D eigenvalue weighted by Crippen LogP contribution is 0.607. The van der Waals surface area contributed by atoms with Gasteiger partial charge in [-0.1, -0.05) is 0 Å². The van der Waals surface area contributed by atoms with Crippen molar-refractivity contribution in [1.29, 1.82) is 0 Å². The topological polar surface area (TPSA) is 106 Å². The molecule has 0 aromatic carbocycles. The third-order valence-corrected chi connectivity index (χ3v) is 0. The molecule has 0 saturated heterocycles. The van der Waals surface area contributed by atoms with Crippen LogP contribution in [0.1, 0.15) is 0 Å². The standard InChI is InChI=1S/CHNO.2ClH.2H2O/c2-1-3;;;;/h2H;2*1H;2*1H2/p-1. The number of carbonyl (C=O) groups excluding carboxylic acids is 1. The summed E-state index contributed by atoms with van der Waals surface area (Å²) in [6, 6.07) is 0. The van der Waals surface area contributed by atoms with Gasteiger partial charge in [0.15, 0.2) is 0 Å². The summed E-state index contributed by atoms with van der Waals surface area (Å²) in [7, 11) is 0. The lowest BCUT2D eigenvalue weighted by molar-refractivity contribution is -0.111. The summed E-state index contributed by atoms with van der Waals surface area (Å²) < 4.78 is 0. The van der Waals surface area contributed by atoms with Gasteiger partial charge in [0.05, 0.1) is 0 Å². The van der Waals surface area contributed by atoms with Gasteiger partial charge < -0.3 is 35.8 Å². The predicted octanol–water partition coefficient (Wildman–Crippen LogP) is -9.56. The van der Waals surface area contributed by atoms with Crippen LogP contribution in [0.2, 0.25) is 0 Å². The maximum atomic E-state index is 8.46. The average molecular weight is 151 g/mol. The molecule has 0 bridgehead atoms. The summed E-state index contributed by atoms with van der Waals surface area (Å²) in [4.78, 5) is 8.46. The van der Waals surface area contributed by atoms with Crippen LogP contribution in [0.4, 0.5) is 0 Å². The van der Waals surface area contributed by atoms with Crippen LogP contribution in [0, 0.1) is 0 Å². The number of nitrogens with two attached hydrogens (primary N) is 1. The van der Waals surface area contributed by atoms with Crippen LogP contribution < -0.4 is 30.2 Å². The molecule has 4 nitrogen and oxygen atoms in total. The first-order chi connectivity index (χ1) is 1.41. The van der Waals surface area contributed by atoms with E-state index in [9.17, 15) is 0 Å². The van der Waals surface area contributed by atoms with Crippen molar-refractivity contribution < 1.29 is 46.0 Å². The quantitative estimate of drug-likeness (QED) is 0.269. The zero-order chi connectivity index (χ0) is 2.71. The first kappa shape index (κ1) is 67.3. The second-order valence-corrected chi connectivity index (χ2v) is 0.118. The van der Waals surface area contributed by atoms with Gasteiger partial charge in [-0.15, -0.1) is 0 Å². The molecule has 0 atom stereocenters. The fraction of sp³-hybridized carbons (Fsp3) is 0. The van der Waals surface area contributed by atoms with E-state index in [-0.39, 0.29) is 35.8 Å². The number of halogens is 2. The summed E-state index contributed by atoms with van der Waals surface area (Å²) in [5.74, 6) is 0. The first-order valence-corrected chi connectivity index (χ1v) is 0.493. The highest BCUT2D eigenvalue weighted by molar-refractivity contribution is 5.21. The van der Waals surface area contributed by atoms with E-state index in [2.05, 4.69) is 5.41 Å². The zero-order valence-corrected chi connectivity index (χ0v) is 4.75. The summed E-state index contributed by atoms with van der Waals surface area (Å²) in [6.07, 6.45) is 1.00. The minimum absolute atomic E-state index is 0. The highest BCUT2D eigenvalue weighted by atomic mass is 35.5. The Morgan fingerprint density at radius 3 is 1.14 bits per heavy atom. The lowest BCUT2D eigenvalue weighted by atomic mass is 11.7. The molecule has 0 aliphatic heterocycles. The molecule has 0 heterocycles. The lowest BCUT2D eigenvalue weighted by Gasteiger charge is -1.00. The van der Waals surface area contributed by atoms with Gasteiger partial charge in [-0.25, -0.2) is 0 Å². The van der Waals surface area contributed by atoms with Gasteiger partial charge in [0.25, 0.3) is 0 Å². The van der Waals surface area contributed by atoms with Crippen LogP contribution in [-0.2, 0) is 4.79 Å². The summed E-state index contributed by atoms with van der Waals surface area (Å²) in [6.45, 7) is 0. The van der Waals surface area contributed by atoms with Crippen molar-refractivity contribution in [2.45, 2.75) is 0 Å². The molecule has 0 saturated carbocycles. The Bertz CT molecular complexity index is 33.9. The fourth-order valence-corrected chi connectivity index (χ4v) is 0. The Labute approximate surface area is 52.9 Å². The molecule has 0 radical (unpaired) electrons. The second kappa shape index (κ2) is 181. The highest BCUT2D eigenvalue weighted by Gasteiger charge is 1.17. The molecule has 6 N–H and O–H groups in total. The predicted molar refractivity (Wildman–Crippen MR) is 14.8 cm³/mol. The molecule has 0 amide bonds. The maximum absolute atomic E-state index is 8.46. The Morgan fingerprint density at radius 1 is 1.14 bits per heavy atom. The van der Waals surface area contributed by atoms with Crippen molar-refractivity contribution >= 4 is 6.08 Å². The minimum atomic E-state index is 0. The van der Waals surface area contributed by atoms with Crippen molar-refractivity contribution in [2.75, 3.05) is 0 Å². The van der Waals surface area contributed by atoms with E-state index in [0.29, 0.717) is 0 Å². The molecule has 48 valence electrons. The molecule has 6 heteroatoms. The van der Waals surface area contributed by atoms with Crippen LogP contribution in [-0.4, -0.2) is 17.0 Å². The van der Waals surface area contributed by atoms with Gasteiger partial charge >= 0.3 is 6.08 Å². The number of hydrogen-bond acceptors (Lipinski definition) is 1. The van der Waals surface area contributed by atoms with Crippen molar-refractivity contribution in [3.63, 3.8) is 0 Å². The van der Waals surface area contributed by atoms with Crippen molar-refractivity contribution in [1.82, 2.24) is 0 Å². The van der Waals surface area contributed by atoms with E-state index in [0.717, 1.165) is 6.08 Å². The van der Waals surface area contributed by atoms with Crippen molar-refractivity contribution in [2.24, 2.45) is 0 Å². The lowest BCUT2D eigenvalue weighted by Crippen LogP contribution is -3.00. The number of rotatable bonds is 0. The third-order valence-electron chi connectivity index (χ3n) is 0. The minimum Gasteiger partial charge on any atom is -1.00 e. The van der Waals surface area contributed by atoms with Gasteiger partial charge in [-0.05, 0) is 0 Å². The van der Waals surface area contributed by atoms with Crippen LogP contribution in [0.15, 0.2) is 0 Å². The van der Waals surface area contributed by atoms with E-state index in [1.54, 1.807) is 0 Å². The Hall–Kier alpha value is -0.120. The SMILES string of the molecule is O.O.[Cl-].[Cl-].[NH2+]=C=O. The van der Waals surface area contributed by atoms with Crippen LogP contribution in [0.5, 0.6) is 0 Å². The largest absolute Gasteiger partial charge is 1.00 e. The summed E-state index contributed by atoms with van der Waals surface area (Å²) in [5.41, 5.74) is 0. The molecule has 0 aromatic rings. The average Bonchev–Trinajstić information content (AvgIpc) is 0.918. The van der Waals surface area contributed by atoms with Crippen molar-refractivity contribution in [3.8, 4) is 0 Å².